The first kappa shape index (κ1) is 15.9. The summed E-state index contributed by atoms with van der Waals surface area (Å²) >= 11 is 0. The highest BCUT2D eigenvalue weighted by molar-refractivity contribution is 7.89. The molecule has 7 nitrogen and oxygen atoms in total. The predicted molar refractivity (Wildman–Crippen MR) is 78.1 cm³/mol. The molecule has 0 bridgehead atoms. The summed E-state index contributed by atoms with van der Waals surface area (Å²) in [6.45, 7) is 1.76. The first-order valence-corrected chi connectivity index (χ1v) is 8.35. The standard InChI is InChI=1S/C13H20N4O3S/c1-14-13(18)10-17-7-4-11(5-8-17)16-21(19,20)12-3-2-6-15-9-12/h2-3,6,9,11,16H,4-5,7-8,10H2,1H3,(H,14,18). The average Bonchev–Trinajstić information content (AvgIpc) is 2.50. The molecule has 0 atom stereocenters. The number of nitrogens with zero attached hydrogens (tertiary/aromatic N) is 2. The van der Waals surface area contributed by atoms with Gasteiger partial charge in [-0.05, 0) is 25.0 Å². The van der Waals surface area contributed by atoms with Crippen LogP contribution in [0.5, 0.6) is 0 Å². The number of rotatable bonds is 5. The van der Waals surface area contributed by atoms with Gasteiger partial charge < -0.3 is 5.32 Å². The van der Waals surface area contributed by atoms with Gasteiger partial charge in [-0.3, -0.25) is 14.7 Å². The fourth-order valence-corrected chi connectivity index (χ4v) is 3.55. The number of likely N-dealkylation sites (tertiary alicyclic amines) is 1. The molecule has 1 aliphatic rings. The summed E-state index contributed by atoms with van der Waals surface area (Å²) in [6.07, 6.45) is 4.26. The van der Waals surface area contributed by atoms with Crippen LogP contribution in [0.25, 0.3) is 0 Å². The molecule has 0 unspecified atom stereocenters. The number of nitrogens with one attached hydrogen (secondary N) is 2. The number of piperidine rings is 1. The second-order valence-electron chi connectivity index (χ2n) is 5.03. The second-order valence-corrected chi connectivity index (χ2v) is 6.75. The van der Waals surface area contributed by atoms with E-state index in [1.54, 1.807) is 13.1 Å². The molecule has 1 amide bonds. The third-order valence-corrected chi connectivity index (χ3v) is 5.01. The maximum absolute atomic E-state index is 12.2. The average molecular weight is 312 g/mol. The molecule has 0 spiro atoms. The van der Waals surface area contributed by atoms with Gasteiger partial charge in [0.1, 0.15) is 4.90 Å². The topological polar surface area (TPSA) is 91.4 Å². The summed E-state index contributed by atoms with van der Waals surface area (Å²) in [5, 5.41) is 2.58. The van der Waals surface area contributed by atoms with Crippen LogP contribution in [0.4, 0.5) is 0 Å². The Morgan fingerprint density at radius 3 is 2.71 bits per heavy atom. The van der Waals surface area contributed by atoms with Crippen LogP contribution in [0.15, 0.2) is 29.4 Å². The highest BCUT2D eigenvalue weighted by Crippen LogP contribution is 2.14. The lowest BCUT2D eigenvalue weighted by Crippen LogP contribution is -2.47. The molecule has 2 rings (SSSR count). The number of carbonyl (C=O) groups is 1. The number of sulfonamides is 1. The summed E-state index contributed by atoms with van der Waals surface area (Å²) in [4.78, 5) is 17.3. The maximum atomic E-state index is 12.2. The minimum absolute atomic E-state index is 0.0237. The van der Waals surface area contributed by atoms with Crippen LogP contribution in [0, 0.1) is 0 Å². The number of aromatic nitrogens is 1. The van der Waals surface area contributed by atoms with E-state index in [4.69, 9.17) is 0 Å². The van der Waals surface area contributed by atoms with Crippen molar-refractivity contribution < 1.29 is 13.2 Å². The van der Waals surface area contributed by atoms with E-state index in [9.17, 15) is 13.2 Å². The van der Waals surface area contributed by atoms with E-state index < -0.39 is 10.0 Å². The highest BCUT2D eigenvalue weighted by atomic mass is 32.2. The van der Waals surface area contributed by atoms with E-state index in [1.807, 2.05) is 4.90 Å². The van der Waals surface area contributed by atoms with Gasteiger partial charge in [0.05, 0.1) is 6.54 Å². The molecular formula is C13H20N4O3S. The Labute approximate surface area is 124 Å². The largest absolute Gasteiger partial charge is 0.358 e. The Morgan fingerprint density at radius 1 is 1.43 bits per heavy atom. The van der Waals surface area contributed by atoms with Crippen LogP contribution >= 0.6 is 0 Å². The lowest BCUT2D eigenvalue weighted by Gasteiger charge is -2.31. The van der Waals surface area contributed by atoms with Crippen LogP contribution in [-0.2, 0) is 14.8 Å². The second kappa shape index (κ2) is 6.97. The number of pyridine rings is 1. The van der Waals surface area contributed by atoms with E-state index >= 15 is 0 Å². The molecule has 1 aromatic heterocycles. The molecule has 2 heterocycles. The third-order valence-electron chi connectivity index (χ3n) is 3.50. The summed E-state index contributed by atoms with van der Waals surface area (Å²) in [5.41, 5.74) is 0. The maximum Gasteiger partial charge on any atom is 0.242 e. The molecule has 2 N–H and O–H groups in total. The Kier molecular flexibility index (Phi) is 5.27. The first-order valence-electron chi connectivity index (χ1n) is 6.86. The third kappa shape index (κ3) is 4.48. The lowest BCUT2D eigenvalue weighted by atomic mass is 10.1. The van der Waals surface area contributed by atoms with Gasteiger partial charge in [-0.15, -0.1) is 0 Å². The SMILES string of the molecule is CNC(=O)CN1CCC(NS(=O)(=O)c2cccnc2)CC1. The number of likely N-dealkylation sites (N-methyl/N-ethyl adjacent to an activating group) is 1. The predicted octanol–water partition coefficient (Wildman–Crippen LogP) is -0.430. The number of hydrogen-bond acceptors (Lipinski definition) is 5. The van der Waals surface area contributed by atoms with E-state index in [2.05, 4.69) is 15.0 Å². The normalized spacial score (nSPS) is 17.6. The number of hydrogen-bond donors (Lipinski definition) is 2. The summed E-state index contributed by atoms with van der Waals surface area (Å²) in [5.74, 6) is -0.0237. The van der Waals surface area contributed by atoms with Crippen molar-refractivity contribution in [2.45, 2.75) is 23.8 Å². The molecule has 0 radical (unpaired) electrons. The molecule has 8 heteroatoms. The summed E-state index contributed by atoms with van der Waals surface area (Å²) in [7, 11) is -1.91. The van der Waals surface area contributed by atoms with Gasteiger partial charge in [0.25, 0.3) is 0 Å². The van der Waals surface area contributed by atoms with Crippen molar-refractivity contribution in [3.63, 3.8) is 0 Å². The van der Waals surface area contributed by atoms with Crippen molar-refractivity contribution in [2.75, 3.05) is 26.7 Å². The van der Waals surface area contributed by atoms with Gasteiger partial charge >= 0.3 is 0 Å². The molecule has 0 aliphatic carbocycles. The lowest BCUT2D eigenvalue weighted by molar-refractivity contribution is -0.122. The van der Waals surface area contributed by atoms with Crippen LogP contribution in [0.1, 0.15) is 12.8 Å². The van der Waals surface area contributed by atoms with Crippen molar-refractivity contribution in [1.29, 1.82) is 0 Å². The van der Waals surface area contributed by atoms with Gasteiger partial charge in [0.15, 0.2) is 0 Å². The minimum Gasteiger partial charge on any atom is -0.358 e. The molecule has 0 saturated carbocycles. The smallest absolute Gasteiger partial charge is 0.242 e. The minimum atomic E-state index is -3.52. The van der Waals surface area contributed by atoms with Gasteiger partial charge in [0.2, 0.25) is 15.9 Å². The van der Waals surface area contributed by atoms with Crippen LogP contribution < -0.4 is 10.0 Å². The fraction of sp³-hybridized carbons (Fsp3) is 0.538. The van der Waals surface area contributed by atoms with Crippen molar-refractivity contribution in [2.24, 2.45) is 0 Å². The highest BCUT2D eigenvalue weighted by Gasteiger charge is 2.25. The van der Waals surface area contributed by atoms with E-state index in [0.29, 0.717) is 32.5 Å². The van der Waals surface area contributed by atoms with Crippen molar-refractivity contribution in [1.82, 2.24) is 19.9 Å². The van der Waals surface area contributed by atoms with Gasteiger partial charge in [-0.1, -0.05) is 0 Å². The molecule has 1 fully saturated rings. The van der Waals surface area contributed by atoms with Gasteiger partial charge in [-0.2, -0.15) is 0 Å². The zero-order chi connectivity index (χ0) is 15.3. The van der Waals surface area contributed by atoms with Gasteiger partial charge in [-0.25, -0.2) is 13.1 Å². The number of carbonyl (C=O) groups excluding carboxylic acids is 1. The van der Waals surface area contributed by atoms with Crippen LogP contribution in [-0.4, -0.2) is 56.9 Å². The van der Waals surface area contributed by atoms with Crippen molar-refractivity contribution in [3.05, 3.63) is 24.5 Å². The number of amides is 1. The van der Waals surface area contributed by atoms with Crippen LogP contribution in [0.2, 0.25) is 0 Å². The van der Waals surface area contributed by atoms with E-state index in [-0.39, 0.29) is 16.8 Å². The van der Waals surface area contributed by atoms with Crippen molar-refractivity contribution in [3.8, 4) is 0 Å². The zero-order valence-electron chi connectivity index (χ0n) is 11.9. The first-order chi connectivity index (χ1) is 10.0. The summed E-state index contributed by atoms with van der Waals surface area (Å²) < 4.78 is 27.1. The molecule has 116 valence electrons. The molecule has 1 saturated heterocycles. The Bertz CT molecular complexity index is 568. The molecule has 0 aromatic carbocycles. The molecule has 21 heavy (non-hydrogen) atoms. The quantitative estimate of drug-likeness (QED) is 0.770. The van der Waals surface area contributed by atoms with Gasteiger partial charge in [0, 0.05) is 38.6 Å². The Hall–Kier alpha value is -1.51. The van der Waals surface area contributed by atoms with E-state index in [0.717, 1.165) is 0 Å². The molecular weight excluding hydrogens is 292 g/mol. The zero-order valence-corrected chi connectivity index (χ0v) is 12.8. The van der Waals surface area contributed by atoms with Crippen LogP contribution in [0.3, 0.4) is 0 Å². The Morgan fingerprint density at radius 2 is 2.14 bits per heavy atom. The summed E-state index contributed by atoms with van der Waals surface area (Å²) in [6, 6.07) is 3.02. The van der Waals surface area contributed by atoms with Crippen molar-refractivity contribution >= 4 is 15.9 Å². The monoisotopic (exact) mass is 312 g/mol. The van der Waals surface area contributed by atoms with E-state index in [1.165, 1.54) is 18.5 Å². The Balaban J connectivity index is 1.88. The fourth-order valence-electron chi connectivity index (χ4n) is 2.28. The molecule has 1 aromatic rings. The molecule has 1 aliphatic heterocycles.